The molecule has 2 N–H and O–H groups in total. The van der Waals surface area contributed by atoms with Crippen molar-refractivity contribution in [2.45, 2.75) is 12.5 Å². The standard InChI is InChI=1S/C23H29ClN2O3/c1-3-5-18-14-22(28-2)8-9-23(18)29-17-21(27)16-25-10-12-26(13-11-25)20-7-4-6-19(24)15-20/h3-4,6-9,14-15,21,27H,1,5,10-13,16-17H2,2H3/p+1/t21-/m1/s1. The largest absolute Gasteiger partial charge is 0.497 e. The van der Waals surface area contributed by atoms with Crippen molar-refractivity contribution in [2.24, 2.45) is 0 Å². The zero-order chi connectivity index (χ0) is 20.6. The van der Waals surface area contributed by atoms with Crippen molar-refractivity contribution in [2.75, 3.05) is 51.3 Å². The molecule has 1 saturated heterocycles. The van der Waals surface area contributed by atoms with E-state index in [1.807, 2.05) is 42.5 Å². The van der Waals surface area contributed by atoms with E-state index in [-0.39, 0.29) is 6.61 Å². The summed E-state index contributed by atoms with van der Waals surface area (Å²) in [5.74, 6) is 1.56. The maximum Gasteiger partial charge on any atom is 0.137 e. The number of aliphatic hydroxyl groups is 1. The molecule has 5 nitrogen and oxygen atoms in total. The van der Waals surface area contributed by atoms with Gasteiger partial charge >= 0.3 is 0 Å². The Morgan fingerprint density at radius 1 is 1.24 bits per heavy atom. The number of nitrogens with one attached hydrogen (secondary N) is 1. The number of ether oxygens (including phenoxy) is 2. The van der Waals surface area contributed by atoms with Crippen LogP contribution in [0.3, 0.4) is 0 Å². The fourth-order valence-corrected chi connectivity index (χ4v) is 3.86. The number of hydrogen-bond donors (Lipinski definition) is 2. The molecule has 0 radical (unpaired) electrons. The fourth-order valence-electron chi connectivity index (χ4n) is 3.67. The summed E-state index contributed by atoms with van der Waals surface area (Å²) in [5, 5.41) is 11.2. The summed E-state index contributed by atoms with van der Waals surface area (Å²) in [6.07, 6.45) is 2.02. The maximum atomic E-state index is 10.5. The lowest BCUT2D eigenvalue weighted by Crippen LogP contribution is -3.16. The minimum atomic E-state index is -0.513. The summed E-state index contributed by atoms with van der Waals surface area (Å²) in [6, 6.07) is 13.7. The second-order valence-corrected chi connectivity index (χ2v) is 7.79. The number of anilines is 1. The first-order chi connectivity index (χ1) is 14.1. The molecule has 3 rings (SSSR count). The van der Waals surface area contributed by atoms with Crippen LogP contribution in [0.4, 0.5) is 5.69 Å². The van der Waals surface area contributed by atoms with Crippen LogP contribution in [0.5, 0.6) is 11.5 Å². The second-order valence-electron chi connectivity index (χ2n) is 7.35. The van der Waals surface area contributed by atoms with Crippen molar-refractivity contribution in [3.63, 3.8) is 0 Å². The highest BCUT2D eigenvalue weighted by atomic mass is 35.5. The number of allylic oxidation sites excluding steroid dienone is 1. The number of quaternary nitrogens is 1. The molecular formula is C23H30ClN2O3+. The van der Waals surface area contributed by atoms with E-state index in [0.29, 0.717) is 13.0 Å². The van der Waals surface area contributed by atoms with Gasteiger partial charge in [0.1, 0.15) is 30.8 Å². The molecule has 29 heavy (non-hydrogen) atoms. The molecule has 0 amide bonds. The minimum Gasteiger partial charge on any atom is -0.497 e. The topological polar surface area (TPSA) is 46.4 Å². The van der Waals surface area contributed by atoms with Gasteiger partial charge in [-0.05, 0) is 42.8 Å². The van der Waals surface area contributed by atoms with Gasteiger partial charge in [-0.1, -0.05) is 23.7 Å². The third-order valence-electron chi connectivity index (χ3n) is 5.23. The highest BCUT2D eigenvalue weighted by molar-refractivity contribution is 6.30. The van der Waals surface area contributed by atoms with E-state index in [2.05, 4.69) is 17.5 Å². The normalized spacial score (nSPS) is 15.8. The molecule has 6 heteroatoms. The van der Waals surface area contributed by atoms with Gasteiger partial charge in [-0.3, -0.25) is 0 Å². The van der Waals surface area contributed by atoms with Crippen molar-refractivity contribution >= 4 is 17.3 Å². The van der Waals surface area contributed by atoms with Crippen molar-refractivity contribution in [1.82, 2.24) is 0 Å². The van der Waals surface area contributed by atoms with Crippen LogP contribution in [0.25, 0.3) is 0 Å². The number of methoxy groups -OCH3 is 1. The Kier molecular flexibility index (Phi) is 7.81. The first-order valence-electron chi connectivity index (χ1n) is 10.0. The van der Waals surface area contributed by atoms with Crippen molar-refractivity contribution < 1.29 is 19.5 Å². The second kappa shape index (κ2) is 10.5. The van der Waals surface area contributed by atoms with E-state index in [9.17, 15) is 5.11 Å². The maximum absolute atomic E-state index is 10.5. The van der Waals surface area contributed by atoms with Crippen LogP contribution < -0.4 is 19.3 Å². The number of nitrogens with zero attached hydrogens (tertiary/aromatic N) is 1. The number of hydrogen-bond acceptors (Lipinski definition) is 4. The summed E-state index contributed by atoms with van der Waals surface area (Å²) in [6.45, 7) is 8.61. The number of benzene rings is 2. The molecule has 1 atom stereocenters. The van der Waals surface area contributed by atoms with Crippen molar-refractivity contribution in [1.29, 1.82) is 0 Å². The highest BCUT2D eigenvalue weighted by Gasteiger charge is 2.23. The van der Waals surface area contributed by atoms with Crippen LogP contribution >= 0.6 is 11.6 Å². The quantitative estimate of drug-likeness (QED) is 0.614. The average molecular weight is 418 g/mol. The highest BCUT2D eigenvalue weighted by Crippen LogP contribution is 2.25. The zero-order valence-corrected chi connectivity index (χ0v) is 17.7. The molecule has 2 aromatic rings. The Hall–Kier alpha value is -2.21. The van der Waals surface area contributed by atoms with Gasteiger partial charge in [0, 0.05) is 16.3 Å². The Morgan fingerprint density at radius 2 is 2.03 bits per heavy atom. The lowest BCUT2D eigenvalue weighted by molar-refractivity contribution is -0.903. The third-order valence-corrected chi connectivity index (χ3v) is 5.47. The van der Waals surface area contributed by atoms with Gasteiger partial charge in [-0.2, -0.15) is 0 Å². The summed E-state index contributed by atoms with van der Waals surface area (Å²) in [7, 11) is 1.65. The monoisotopic (exact) mass is 417 g/mol. The smallest absolute Gasteiger partial charge is 0.137 e. The van der Waals surface area contributed by atoms with Crippen LogP contribution in [0.1, 0.15) is 5.56 Å². The Labute approximate surface area is 178 Å². The number of aliphatic hydroxyl groups excluding tert-OH is 1. The van der Waals surface area contributed by atoms with Crippen LogP contribution in [0, 0.1) is 0 Å². The molecule has 2 aromatic carbocycles. The molecule has 1 aliphatic rings. The van der Waals surface area contributed by atoms with E-state index in [1.54, 1.807) is 7.11 Å². The lowest BCUT2D eigenvalue weighted by Gasteiger charge is -2.34. The summed E-state index contributed by atoms with van der Waals surface area (Å²) < 4.78 is 11.2. The van der Waals surface area contributed by atoms with E-state index in [4.69, 9.17) is 21.1 Å². The lowest BCUT2D eigenvalue weighted by atomic mass is 10.1. The van der Waals surface area contributed by atoms with Gasteiger partial charge in [-0.25, -0.2) is 0 Å². The van der Waals surface area contributed by atoms with Crippen LogP contribution in [-0.4, -0.2) is 57.7 Å². The van der Waals surface area contributed by atoms with E-state index in [1.165, 1.54) is 4.90 Å². The van der Waals surface area contributed by atoms with Gasteiger partial charge < -0.3 is 24.4 Å². The number of halogens is 1. The molecular weight excluding hydrogens is 388 g/mol. The SMILES string of the molecule is C=CCc1cc(OC)ccc1OC[C@H](O)C[NH+]1CCN(c2cccc(Cl)c2)CC1. The average Bonchev–Trinajstić information content (AvgIpc) is 2.73. The predicted octanol–water partition coefficient (Wildman–Crippen LogP) is 2.22. The molecule has 0 aromatic heterocycles. The van der Waals surface area contributed by atoms with Crippen LogP contribution in [-0.2, 0) is 6.42 Å². The molecule has 0 spiro atoms. The molecule has 0 unspecified atom stereocenters. The van der Waals surface area contributed by atoms with E-state index >= 15 is 0 Å². The minimum absolute atomic E-state index is 0.276. The van der Waals surface area contributed by atoms with Gasteiger partial charge in [0.05, 0.1) is 33.3 Å². The summed E-state index contributed by atoms with van der Waals surface area (Å²) in [4.78, 5) is 3.73. The molecule has 1 fully saturated rings. The van der Waals surface area contributed by atoms with E-state index < -0.39 is 6.10 Å². The van der Waals surface area contributed by atoms with Crippen molar-refractivity contribution in [3.8, 4) is 11.5 Å². The molecule has 0 bridgehead atoms. The first-order valence-corrected chi connectivity index (χ1v) is 10.4. The molecule has 1 aliphatic heterocycles. The fraction of sp³-hybridized carbons (Fsp3) is 0.391. The zero-order valence-electron chi connectivity index (χ0n) is 16.9. The van der Waals surface area contributed by atoms with Crippen molar-refractivity contribution in [3.05, 3.63) is 65.7 Å². The van der Waals surface area contributed by atoms with Gasteiger partial charge in [0.15, 0.2) is 0 Å². The van der Waals surface area contributed by atoms with Crippen LogP contribution in [0.2, 0.25) is 5.02 Å². The third kappa shape index (κ3) is 6.13. The van der Waals surface area contributed by atoms with Gasteiger partial charge in [0.25, 0.3) is 0 Å². The van der Waals surface area contributed by atoms with Gasteiger partial charge in [0.2, 0.25) is 0 Å². The first kappa shape index (κ1) is 21.5. The Balaban J connectivity index is 1.47. The molecule has 1 heterocycles. The van der Waals surface area contributed by atoms with Gasteiger partial charge in [-0.15, -0.1) is 6.58 Å². The summed E-state index contributed by atoms with van der Waals surface area (Å²) >= 11 is 6.10. The summed E-state index contributed by atoms with van der Waals surface area (Å²) in [5.41, 5.74) is 2.17. The molecule has 0 aliphatic carbocycles. The van der Waals surface area contributed by atoms with Crippen LogP contribution in [0.15, 0.2) is 55.1 Å². The van der Waals surface area contributed by atoms with E-state index in [0.717, 1.165) is 54.0 Å². The predicted molar refractivity (Wildman–Crippen MR) is 118 cm³/mol. The number of rotatable bonds is 9. The molecule has 0 saturated carbocycles. The number of piperazine rings is 1. The Bertz CT molecular complexity index is 806. The Morgan fingerprint density at radius 3 is 2.72 bits per heavy atom. The molecule has 156 valence electrons.